The highest BCUT2D eigenvalue weighted by Crippen LogP contribution is 2.25. The number of hydrogen-bond donors (Lipinski definition) is 4. The number of benzene rings is 1. The van der Waals surface area contributed by atoms with Gasteiger partial charge in [-0.05, 0) is 17.2 Å². The molecule has 1 heterocycles. The van der Waals surface area contributed by atoms with Crippen LogP contribution in [0.15, 0.2) is 18.2 Å². The van der Waals surface area contributed by atoms with Crippen molar-refractivity contribution in [1.82, 2.24) is 5.43 Å². The number of carbonyl (C=O) groups excluding carboxylic acids is 2. The minimum atomic E-state index is -0.814. The van der Waals surface area contributed by atoms with Crippen molar-refractivity contribution in [3.8, 4) is 0 Å². The summed E-state index contributed by atoms with van der Waals surface area (Å²) in [6.07, 6.45) is 0.320. The van der Waals surface area contributed by atoms with E-state index in [-0.39, 0.29) is 5.91 Å². The Morgan fingerprint density at radius 3 is 2.94 bits per heavy atom. The van der Waals surface area contributed by atoms with Gasteiger partial charge >= 0.3 is 0 Å². The summed E-state index contributed by atoms with van der Waals surface area (Å²) in [6.45, 7) is 0. The molecule has 1 aliphatic heterocycles. The fraction of sp³-hybridized carbons (Fsp3) is 0.200. The van der Waals surface area contributed by atoms with Crippen LogP contribution in [0.5, 0.6) is 0 Å². The molecule has 1 aromatic carbocycles. The van der Waals surface area contributed by atoms with Crippen LogP contribution in [0, 0.1) is 0 Å². The molecule has 0 aromatic heterocycles. The van der Waals surface area contributed by atoms with Crippen LogP contribution in [0.4, 0.5) is 5.69 Å². The summed E-state index contributed by atoms with van der Waals surface area (Å²) in [4.78, 5) is 22.4. The van der Waals surface area contributed by atoms with Crippen molar-refractivity contribution < 1.29 is 9.59 Å². The SMILES string of the molecule is NNC(=O)C(N)c1ccc2c(c1)CC(=O)N2. The van der Waals surface area contributed by atoms with Crippen LogP contribution in [0.2, 0.25) is 0 Å². The molecule has 0 saturated carbocycles. The first-order valence-electron chi connectivity index (χ1n) is 4.80. The lowest BCUT2D eigenvalue weighted by atomic mass is 10.0. The van der Waals surface area contributed by atoms with Crippen LogP contribution in [0.25, 0.3) is 0 Å². The Kier molecular flexibility index (Phi) is 2.59. The Bertz CT molecular complexity index is 458. The first kappa shape index (κ1) is 10.6. The molecule has 0 aliphatic carbocycles. The zero-order chi connectivity index (χ0) is 11.7. The van der Waals surface area contributed by atoms with E-state index >= 15 is 0 Å². The van der Waals surface area contributed by atoms with Gasteiger partial charge in [-0.25, -0.2) is 5.84 Å². The fourth-order valence-electron chi connectivity index (χ4n) is 1.68. The van der Waals surface area contributed by atoms with E-state index in [1.165, 1.54) is 0 Å². The number of rotatable bonds is 2. The van der Waals surface area contributed by atoms with Crippen LogP contribution in [-0.2, 0) is 16.0 Å². The predicted octanol–water partition coefficient (Wildman–Crippen LogP) is -0.829. The lowest BCUT2D eigenvalue weighted by Gasteiger charge is -2.11. The third-order valence-corrected chi connectivity index (χ3v) is 2.54. The molecular formula is C10H12N4O2. The molecule has 0 bridgehead atoms. The zero-order valence-electron chi connectivity index (χ0n) is 8.49. The summed E-state index contributed by atoms with van der Waals surface area (Å²) in [6, 6.07) is 4.36. The van der Waals surface area contributed by atoms with Gasteiger partial charge in [0, 0.05) is 5.69 Å². The second-order valence-electron chi connectivity index (χ2n) is 3.63. The van der Waals surface area contributed by atoms with Gasteiger partial charge in [-0.2, -0.15) is 0 Å². The average Bonchev–Trinajstić information content (AvgIpc) is 2.65. The first-order valence-corrected chi connectivity index (χ1v) is 4.80. The normalized spacial score (nSPS) is 15.2. The maximum Gasteiger partial charge on any atom is 0.255 e. The second kappa shape index (κ2) is 3.92. The molecule has 1 unspecified atom stereocenters. The number of hydrogen-bond acceptors (Lipinski definition) is 4. The van der Waals surface area contributed by atoms with Crippen LogP contribution < -0.4 is 22.3 Å². The van der Waals surface area contributed by atoms with Crippen molar-refractivity contribution in [2.75, 3.05) is 5.32 Å². The molecule has 2 rings (SSSR count). The smallest absolute Gasteiger partial charge is 0.255 e. The molecule has 0 spiro atoms. The number of nitrogens with one attached hydrogen (secondary N) is 2. The topological polar surface area (TPSA) is 110 Å². The fourth-order valence-corrected chi connectivity index (χ4v) is 1.68. The van der Waals surface area contributed by atoms with Crippen LogP contribution >= 0.6 is 0 Å². The van der Waals surface area contributed by atoms with E-state index in [0.29, 0.717) is 12.0 Å². The van der Waals surface area contributed by atoms with Crippen LogP contribution in [-0.4, -0.2) is 11.8 Å². The molecule has 1 atom stereocenters. The van der Waals surface area contributed by atoms with Crippen molar-refractivity contribution in [3.05, 3.63) is 29.3 Å². The summed E-state index contributed by atoms with van der Waals surface area (Å²) >= 11 is 0. The van der Waals surface area contributed by atoms with Crippen LogP contribution in [0.1, 0.15) is 17.2 Å². The molecule has 84 valence electrons. The lowest BCUT2D eigenvalue weighted by Crippen LogP contribution is -2.38. The average molecular weight is 220 g/mol. The summed E-state index contributed by atoms with van der Waals surface area (Å²) in [5, 5.41) is 2.70. The van der Waals surface area contributed by atoms with Crippen molar-refractivity contribution in [1.29, 1.82) is 0 Å². The molecule has 6 heteroatoms. The summed E-state index contributed by atoms with van der Waals surface area (Å²) < 4.78 is 0. The standard InChI is InChI=1S/C10H12N4O2/c11-9(10(16)14-12)5-1-2-7-6(3-5)4-8(15)13-7/h1-3,9H,4,11-12H2,(H,13,15)(H,14,16). The van der Waals surface area contributed by atoms with Gasteiger partial charge in [0.15, 0.2) is 0 Å². The maximum atomic E-state index is 11.2. The van der Waals surface area contributed by atoms with Crippen molar-refractivity contribution in [3.63, 3.8) is 0 Å². The summed E-state index contributed by atoms with van der Waals surface area (Å²) in [5.41, 5.74) is 9.93. The van der Waals surface area contributed by atoms with Crippen molar-refractivity contribution in [2.24, 2.45) is 11.6 Å². The van der Waals surface area contributed by atoms with Crippen molar-refractivity contribution >= 4 is 17.5 Å². The quantitative estimate of drug-likeness (QED) is 0.296. The molecule has 2 amide bonds. The van der Waals surface area contributed by atoms with Gasteiger partial charge in [-0.1, -0.05) is 12.1 Å². The van der Waals surface area contributed by atoms with E-state index in [4.69, 9.17) is 11.6 Å². The van der Waals surface area contributed by atoms with Gasteiger partial charge in [-0.3, -0.25) is 15.0 Å². The molecule has 6 nitrogen and oxygen atoms in total. The molecule has 1 aliphatic rings. The summed E-state index contributed by atoms with van der Waals surface area (Å²) in [7, 11) is 0. The van der Waals surface area contributed by atoms with E-state index in [1.54, 1.807) is 18.2 Å². The van der Waals surface area contributed by atoms with Gasteiger partial charge < -0.3 is 11.1 Å². The number of anilines is 1. The number of carbonyl (C=O) groups is 2. The van der Waals surface area contributed by atoms with Crippen molar-refractivity contribution in [2.45, 2.75) is 12.5 Å². The molecule has 0 saturated heterocycles. The van der Waals surface area contributed by atoms with E-state index < -0.39 is 11.9 Å². The Morgan fingerprint density at radius 2 is 2.25 bits per heavy atom. The number of nitrogens with two attached hydrogens (primary N) is 2. The largest absolute Gasteiger partial charge is 0.326 e. The maximum absolute atomic E-state index is 11.2. The van der Waals surface area contributed by atoms with Gasteiger partial charge in [0.25, 0.3) is 5.91 Å². The van der Waals surface area contributed by atoms with Crippen LogP contribution in [0.3, 0.4) is 0 Å². The Hall–Kier alpha value is -1.92. The third kappa shape index (κ3) is 1.75. The van der Waals surface area contributed by atoms with E-state index in [1.807, 2.05) is 5.43 Å². The number of hydrazine groups is 1. The number of amides is 2. The van der Waals surface area contributed by atoms with Gasteiger partial charge in [0.2, 0.25) is 5.91 Å². The van der Waals surface area contributed by atoms with E-state index in [9.17, 15) is 9.59 Å². The highest BCUT2D eigenvalue weighted by molar-refractivity contribution is 5.99. The number of fused-ring (bicyclic) bond motifs is 1. The Morgan fingerprint density at radius 1 is 1.50 bits per heavy atom. The minimum absolute atomic E-state index is 0.0519. The van der Waals surface area contributed by atoms with Gasteiger partial charge in [0.1, 0.15) is 6.04 Å². The molecule has 16 heavy (non-hydrogen) atoms. The van der Waals surface area contributed by atoms with E-state index in [2.05, 4.69) is 5.32 Å². The molecule has 0 radical (unpaired) electrons. The minimum Gasteiger partial charge on any atom is -0.326 e. The molecular weight excluding hydrogens is 208 g/mol. The molecule has 0 fully saturated rings. The highest BCUT2D eigenvalue weighted by atomic mass is 16.2. The molecule has 6 N–H and O–H groups in total. The summed E-state index contributed by atoms with van der Waals surface area (Å²) in [5.74, 6) is 4.49. The first-order chi connectivity index (χ1) is 7.61. The monoisotopic (exact) mass is 220 g/mol. The molecule has 1 aromatic rings. The predicted molar refractivity (Wildman–Crippen MR) is 58.0 cm³/mol. The third-order valence-electron chi connectivity index (χ3n) is 2.54. The Labute approximate surface area is 92.0 Å². The highest BCUT2D eigenvalue weighted by Gasteiger charge is 2.21. The lowest BCUT2D eigenvalue weighted by molar-refractivity contribution is -0.122. The van der Waals surface area contributed by atoms with Gasteiger partial charge in [0.05, 0.1) is 6.42 Å². The zero-order valence-corrected chi connectivity index (χ0v) is 8.49. The Balaban J connectivity index is 2.29. The second-order valence-corrected chi connectivity index (χ2v) is 3.63. The van der Waals surface area contributed by atoms with Gasteiger partial charge in [-0.15, -0.1) is 0 Å². The van der Waals surface area contributed by atoms with E-state index in [0.717, 1.165) is 11.3 Å².